The number of rotatable bonds is 4. The number of hydrogen-bond acceptors (Lipinski definition) is 3. The molecule has 4 rings (SSSR count). The number of piperazine rings is 1. The van der Waals surface area contributed by atoms with Gasteiger partial charge in [0, 0.05) is 38.3 Å². The van der Waals surface area contributed by atoms with Crippen molar-refractivity contribution in [2.45, 2.75) is 44.3 Å². The van der Waals surface area contributed by atoms with E-state index in [0.29, 0.717) is 0 Å². The Kier molecular flexibility index (Phi) is 3.82. The normalized spacial score (nSPS) is 26.1. The quantitative estimate of drug-likeness (QED) is 0.923. The molecule has 1 unspecified atom stereocenters. The number of fused-ring (bicyclic) bond motifs is 1. The van der Waals surface area contributed by atoms with E-state index in [1.54, 1.807) is 0 Å². The van der Waals surface area contributed by atoms with Crippen molar-refractivity contribution in [2.24, 2.45) is 0 Å². The Morgan fingerprint density at radius 1 is 1.14 bits per heavy atom. The molecule has 0 aromatic heterocycles. The molecule has 4 heteroatoms. The van der Waals surface area contributed by atoms with Gasteiger partial charge >= 0.3 is 0 Å². The minimum Gasteiger partial charge on any atom is -0.367 e. The maximum Gasteiger partial charge on any atom is 0.0642 e. The molecule has 0 amide bonds. The van der Waals surface area contributed by atoms with Crippen molar-refractivity contribution in [2.75, 3.05) is 31.1 Å². The molecule has 0 bridgehead atoms. The van der Waals surface area contributed by atoms with E-state index in [1.165, 1.54) is 50.0 Å². The van der Waals surface area contributed by atoms with E-state index in [2.05, 4.69) is 27.2 Å². The molecule has 1 N–H and O–H groups in total. The third-order valence-electron chi connectivity index (χ3n) is 5.13. The van der Waals surface area contributed by atoms with Crippen LogP contribution in [-0.2, 0) is 6.54 Å². The smallest absolute Gasteiger partial charge is 0.0642 e. The highest BCUT2D eigenvalue weighted by molar-refractivity contribution is 6.33. The monoisotopic (exact) mass is 305 g/mol. The highest BCUT2D eigenvalue weighted by Crippen LogP contribution is 2.34. The summed E-state index contributed by atoms with van der Waals surface area (Å²) in [7, 11) is 0. The number of para-hydroxylation sites is 1. The number of hydrogen-bond donors (Lipinski definition) is 1. The minimum absolute atomic E-state index is 0.735. The van der Waals surface area contributed by atoms with Gasteiger partial charge in [-0.15, -0.1) is 0 Å². The molecule has 114 valence electrons. The first-order valence-electron chi connectivity index (χ1n) is 8.31. The van der Waals surface area contributed by atoms with E-state index in [0.717, 1.165) is 36.7 Å². The molecule has 1 aromatic rings. The summed E-state index contributed by atoms with van der Waals surface area (Å²) in [5.41, 5.74) is 2.64. The fourth-order valence-electron chi connectivity index (χ4n) is 3.79. The maximum atomic E-state index is 6.55. The summed E-state index contributed by atoms with van der Waals surface area (Å²) in [6, 6.07) is 7.83. The Balaban J connectivity index is 1.54. The Labute approximate surface area is 132 Å². The van der Waals surface area contributed by atoms with Gasteiger partial charge in [0.2, 0.25) is 0 Å². The maximum absolute atomic E-state index is 6.55. The van der Waals surface area contributed by atoms with Crippen LogP contribution in [0.5, 0.6) is 0 Å². The second-order valence-electron chi connectivity index (χ2n) is 6.68. The Morgan fingerprint density at radius 2 is 2.05 bits per heavy atom. The van der Waals surface area contributed by atoms with Crippen molar-refractivity contribution < 1.29 is 0 Å². The van der Waals surface area contributed by atoms with E-state index in [4.69, 9.17) is 11.6 Å². The van der Waals surface area contributed by atoms with Crippen LogP contribution in [0.25, 0.3) is 0 Å². The number of anilines is 1. The zero-order valence-electron chi connectivity index (χ0n) is 12.5. The van der Waals surface area contributed by atoms with E-state index in [1.807, 2.05) is 6.07 Å². The molecule has 3 aliphatic rings. The van der Waals surface area contributed by atoms with Gasteiger partial charge in [0.25, 0.3) is 0 Å². The van der Waals surface area contributed by atoms with Gasteiger partial charge < -0.3 is 10.2 Å². The van der Waals surface area contributed by atoms with Gasteiger partial charge in [0.05, 0.1) is 10.7 Å². The Hall–Kier alpha value is -0.770. The lowest BCUT2D eigenvalue weighted by atomic mass is 10.1. The van der Waals surface area contributed by atoms with Crippen molar-refractivity contribution in [3.05, 3.63) is 28.8 Å². The highest BCUT2D eigenvalue weighted by atomic mass is 35.5. The van der Waals surface area contributed by atoms with Crippen molar-refractivity contribution in [3.8, 4) is 0 Å². The fourth-order valence-corrected chi connectivity index (χ4v) is 4.11. The Bertz CT molecular complexity index is 515. The summed E-state index contributed by atoms with van der Waals surface area (Å²) in [5, 5.41) is 4.54. The molecule has 1 saturated carbocycles. The average Bonchev–Trinajstić information content (AvgIpc) is 3.20. The van der Waals surface area contributed by atoms with Crippen LogP contribution in [0.2, 0.25) is 5.02 Å². The van der Waals surface area contributed by atoms with Crippen LogP contribution in [0.4, 0.5) is 5.69 Å². The summed E-state index contributed by atoms with van der Waals surface area (Å²) >= 11 is 6.55. The second-order valence-corrected chi connectivity index (χ2v) is 7.09. The van der Waals surface area contributed by atoms with Gasteiger partial charge in [0.1, 0.15) is 0 Å². The Morgan fingerprint density at radius 3 is 2.90 bits per heavy atom. The van der Waals surface area contributed by atoms with E-state index in [-0.39, 0.29) is 0 Å². The average molecular weight is 306 g/mol. The summed E-state index contributed by atoms with van der Waals surface area (Å²) in [6.45, 7) is 5.67. The van der Waals surface area contributed by atoms with Gasteiger partial charge in [-0.05, 0) is 43.9 Å². The first-order valence-corrected chi connectivity index (χ1v) is 8.69. The number of nitrogens with one attached hydrogen (secondary N) is 1. The van der Waals surface area contributed by atoms with Crippen LogP contribution in [0.3, 0.4) is 0 Å². The first kappa shape index (κ1) is 13.9. The fraction of sp³-hybridized carbons (Fsp3) is 0.647. The standard InChI is InChI=1S/C17H24ClN3/c18-16-5-1-3-13(11-19-14-6-7-14)17(16)21-10-9-20-8-2-4-15(20)12-21/h1,3,5,14-15,19H,2,4,6-12H2. The topological polar surface area (TPSA) is 18.5 Å². The lowest BCUT2D eigenvalue weighted by Crippen LogP contribution is -2.50. The first-order chi connectivity index (χ1) is 10.3. The molecule has 0 spiro atoms. The third-order valence-corrected chi connectivity index (χ3v) is 5.44. The van der Waals surface area contributed by atoms with Gasteiger partial charge in [-0.25, -0.2) is 0 Å². The van der Waals surface area contributed by atoms with Gasteiger partial charge in [-0.2, -0.15) is 0 Å². The van der Waals surface area contributed by atoms with Crippen molar-refractivity contribution in [1.29, 1.82) is 0 Å². The van der Waals surface area contributed by atoms with Crippen molar-refractivity contribution >= 4 is 17.3 Å². The van der Waals surface area contributed by atoms with E-state index >= 15 is 0 Å². The zero-order valence-corrected chi connectivity index (χ0v) is 13.3. The molecule has 2 aliphatic heterocycles. The summed E-state index contributed by atoms with van der Waals surface area (Å²) < 4.78 is 0. The molecule has 0 radical (unpaired) electrons. The largest absolute Gasteiger partial charge is 0.367 e. The van der Waals surface area contributed by atoms with Crippen molar-refractivity contribution in [1.82, 2.24) is 10.2 Å². The predicted octanol–water partition coefficient (Wildman–Crippen LogP) is 2.88. The molecule has 1 aliphatic carbocycles. The molecular formula is C17H24ClN3. The number of halogens is 1. The SMILES string of the molecule is Clc1cccc(CNC2CC2)c1N1CCN2CCCC2C1. The molecule has 3 nitrogen and oxygen atoms in total. The van der Waals surface area contributed by atoms with Gasteiger partial charge in [0.15, 0.2) is 0 Å². The number of nitrogens with zero attached hydrogens (tertiary/aromatic N) is 2. The van der Waals surface area contributed by atoms with E-state index in [9.17, 15) is 0 Å². The van der Waals surface area contributed by atoms with Crippen LogP contribution in [-0.4, -0.2) is 43.2 Å². The molecule has 2 saturated heterocycles. The second kappa shape index (κ2) is 5.79. The zero-order chi connectivity index (χ0) is 14.2. The van der Waals surface area contributed by atoms with Crippen LogP contribution in [0, 0.1) is 0 Å². The predicted molar refractivity (Wildman–Crippen MR) is 88.1 cm³/mol. The van der Waals surface area contributed by atoms with Crippen LogP contribution in [0.15, 0.2) is 18.2 Å². The molecule has 2 heterocycles. The van der Waals surface area contributed by atoms with Gasteiger partial charge in [-0.3, -0.25) is 4.90 Å². The van der Waals surface area contributed by atoms with Crippen LogP contribution in [0.1, 0.15) is 31.2 Å². The lowest BCUT2D eigenvalue weighted by Gasteiger charge is -2.40. The number of benzene rings is 1. The molecule has 1 aromatic carbocycles. The third kappa shape index (κ3) is 2.92. The summed E-state index contributed by atoms with van der Waals surface area (Å²) in [4.78, 5) is 5.17. The van der Waals surface area contributed by atoms with Gasteiger partial charge in [-0.1, -0.05) is 23.7 Å². The minimum atomic E-state index is 0.735. The van der Waals surface area contributed by atoms with E-state index < -0.39 is 0 Å². The lowest BCUT2D eigenvalue weighted by molar-refractivity contribution is 0.231. The summed E-state index contributed by atoms with van der Waals surface area (Å²) in [5.74, 6) is 0. The molecule has 1 atom stereocenters. The molecular weight excluding hydrogens is 282 g/mol. The van der Waals surface area contributed by atoms with Crippen LogP contribution >= 0.6 is 11.6 Å². The molecule has 21 heavy (non-hydrogen) atoms. The van der Waals surface area contributed by atoms with Crippen molar-refractivity contribution in [3.63, 3.8) is 0 Å². The highest BCUT2D eigenvalue weighted by Gasteiger charge is 2.32. The van der Waals surface area contributed by atoms with Crippen LogP contribution < -0.4 is 10.2 Å². The molecule has 3 fully saturated rings. The summed E-state index contributed by atoms with van der Waals surface area (Å²) in [6.07, 6.45) is 5.36.